The van der Waals surface area contributed by atoms with Gasteiger partial charge in [-0.15, -0.1) is 0 Å². The fraction of sp³-hybridized carbons (Fsp3) is 0.873. The largest absolute Gasteiger partial charge is 0.462 e. The number of ether oxygens (including phenoxy) is 3. The van der Waals surface area contributed by atoms with Gasteiger partial charge in [-0.2, -0.15) is 0 Å². The molecule has 0 amide bonds. The molecule has 0 aliphatic rings. The molecule has 0 aromatic rings. The third-order valence-corrected chi connectivity index (χ3v) is 11.9. The minimum Gasteiger partial charge on any atom is -0.462 e. The predicted molar refractivity (Wildman–Crippen MR) is 261 cm³/mol. The summed E-state index contributed by atoms with van der Waals surface area (Å²) < 4.78 is 16.8. The molecule has 0 heterocycles. The van der Waals surface area contributed by atoms with Crippen molar-refractivity contribution in [3.63, 3.8) is 0 Å². The normalized spacial score (nSPS) is 12.1. The molecule has 1 unspecified atom stereocenters. The van der Waals surface area contributed by atoms with Gasteiger partial charge in [0.15, 0.2) is 6.10 Å². The molecule has 6 heteroatoms. The molecule has 0 saturated carbocycles. The highest BCUT2D eigenvalue weighted by atomic mass is 16.6. The summed E-state index contributed by atoms with van der Waals surface area (Å²) in [6.07, 6.45) is 57.4. The Morgan fingerprint density at radius 1 is 0.311 bits per heavy atom. The molecule has 0 saturated heterocycles. The van der Waals surface area contributed by atoms with Gasteiger partial charge in [0.05, 0.1) is 0 Å². The van der Waals surface area contributed by atoms with Gasteiger partial charge >= 0.3 is 17.9 Å². The molecule has 0 aliphatic heterocycles. The Kier molecular flexibility index (Phi) is 48.8. The molecule has 0 aromatic carbocycles. The molecule has 0 bridgehead atoms. The van der Waals surface area contributed by atoms with Crippen molar-refractivity contribution >= 4 is 17.9 Å². The van der Waals surface area contributed by atoms with Gasteiger partial charge in [0.2, 0.25) is 0 Å². The summed E-state index contributed by atoms with van der Waals surface area (Å²) in [5.74, 6) is -0.883. The summed E-state index contributed by atoms with van der Waals surface area (Å²) in [6.45, 7) is 6.61. The number of carbonyl (C=O) groups is 3. The average molecular weight is 859 g/mol. The lowest BCUT2D eigenvalue weighted by Crippen LogP contribution is -2.30. The number of esters is 3. The van der Waals surface area contributed by atoms with Crippen LogP contribution in [-0.4, -0.2) is 37.2 Å². The number of unbranched alkanes of at least 4 members (excludes halogenated alkanes) is 34. The van der Waals surface area contributed by atoms with Gasteiger partial charge in [0.1, 0.15) is 13.2 Å². The van der Waals surface area contributed by atoms with Crippen LogP contribution >= 0.6 is 0 Å². The van der Waals surface area contributed by atoms with Gasteiger partial charge in [-0.05, 0) is 64.2 Å². The molecular formula is C55H102O6. The zero-order valence-corrected chi connectivity index (χ0v) is 40.9. The summed E-state index contributed by atoms with van der Waals surface area (Å²) in [5, 5.41) is 0. The van der Waals surface area contributed by atoms with Gasteiger partial charge in [-0.1, -0.05) is 231 Å². The number of rotatable bonds is 49. The Labute approximate surface area is 379 Å². The van der Waals surface area contributed by atoms with Crippen LogP contribution in [0.5, 0.6) is 0 Å². The van der Waals surface area contributed by atoms with E-state index in [0.29, 0.717) is 19.3 Å². The molecule has 358 valence electrons. The van der Waals surface area contributed by atoms with E-state index >= 15 is 0 Å². The van der Waals surface area contributed by atoms with Crippen molar-refractivity contribution in [2.45, 2.75) is 297 Å². The topological polar surface area (TPSA) is 78.9 Å². The first-order valence-electron chi connectivity index (χ1n) is 26.8. The van der Waals surface area contributed by atoms with Gasteiger partial charge in [0.25, 0.3) is 0 Å². The number of allylic oxidation sites excluding steroid dienone is 4. The summed E-state index contributed by atoms with van der Waals surface area (Å²) in [7, 11) is 0. The summed E-state index contributed by atoms with van der Waals surface area (Å²) in [6, 6.07) is 0. The molecule has 61 heavy (non-hydrogen) atoms. The van der Waals surface area contributed by atoms with Crippen LogP contribution in [0.2, 0.25) is 0 Å². The van der Waals surface area contributed by atoms with Crippen molar-refractivity contribution in [3.05, 3.63) is 24.3 Å². The SMILES string of the molecule is CCCC/C=C\CCCCCCC(=O)OCC(COC(=O)CCCCCCCCCCCCCCCCCCC)OC(=O)CCCCCCC/C=C\CCCCCCCCC. The highest BCUT2D eigenvalue weighted by Crippen LogP contribution is 2.16. The molecule has 0 aliphatic carbocycles. The van der Waals surface area contributed by atoms with E-state index in [-0.39, 0.29) is 31.1 Å². The summed E-state index contributed by atoms with van der Waals surface area (Å²) in [5.41, 5.74) is 0. The zero-order valence-electron chi connectivity index (χ0n) is 40.9. The second-order valence-corrected chi connectivity index (χ2v) is 18.1. The van der Waals surface area contributed by atoms with E-state index in [0.717, 1.165) is 83.5 Å². The first-order chi connectivity index (χ1) is 30.0. The van der Waals surface area contributed by atoms with E-state index in [1.165, 1.54) is 167 Å². The Morgan fingerprint density at radius 2 is 0.557 bits per heavy atom. The first-order valence-corrected chi connectivity index (χ1v) is 26.8. The monoisotopic (exact) mass is 859 g/mol. The minimum absolute atomic E-state index is 0.0743. The summed E-state index contributed by atoms with van der Waals surface area (Å²) >= 11 is 0. The molecule has 1 atom stereocenters. The predicted octanol–water partition coefficient (Wildman–Crippen LogP) is 17.5. The lowest BCUT2D eigenvalue weighted by atomic mass is 10.0. The van der Waals surface area contributed by atoms with Crippen LogP contribution in [0.15, 0.2) is 24.3 Å². The molecule has 0 rings (SSSR count). The zero-order chi connectivity index (χ0) is 44.4. The lowest BCUT2D eigenvalue weighted by molar-refractivity contribution is -0.167. The number of hydrogen-bond donors (Lipinski definition) is 0. The van der Waals surface area contributed by atoms with Crippen LogP contribution < -0.4 is 0 Å². The van der Waals surface area contributed by atoms with Crippen molar-refractivity contribution in [2.75, 3.05) is 13.2 Å². The number of carbonyl (C=O) groups excluding carboxylic acids is 3. The smallest absolute Gasteiger partial charge is 0.306 e. The van der Waals surface area contributed by atoms with E-state index in [1.54, 1.807) is 0 Å². The molecule has 0 N–H and O–H groups in total. The maximum absolute atomic E-state index is 12.8. The van der Waals surface area contributed by atoms with Crippen LogP contribution in [0.4, 0.5) is 0 Å². The Hall–Kier alpha value is -2.11. The van der Waals surface area contributed by atoms with Crippen molar-refractivity contribution in [1.29, 1.82) is 0 Å². The highest BCUT2D eigenvalue weighted by Gasteiger charge is 2.19. The molecule has 6 nitrogen and oxygen atoms in total. The van der Waals surface area contributed by atoms with Crippen molar-refractivity contribution in [2.24, 2.45) is 0 Å². The Morgan fingerprint density at radius 3 is 0.869 bits per heavy atom. The summed E-state index contributed by atoms with van der Waals surface area (Å²) in [4.78, 5) is 37.9. The van der Waals surface area contributed by atoms with Crippen molar-refractivity contribution in [1.82, 2.24) is 0 Å². The molecule has 0 fully saturated rings. The Balaban J connectivity index is 4.31. The fourth-order valence-corrected chi connectivity index (χ4v) is 7.83. The third-order valence-electron chi connectivity index (χ3n) is 11.9. The molecular weight excluding hydrogens is 757 g/mol. The van der Waals surface area contributed by atoms with Gasteiger partial charge in [-0.3, -0.25) is 14.4 Å². The third kappa shape index (κ3) is 48.8. The van der Waals surface area contributed by atoms with Gasteiger partial charge in [-0.25, -0.2) is 0 Å². The minimum atomic E-state index is -0.775. The van der Waals surface area contributed by atoms with Crippen LogP contribution in [-0.2, 0) is 28.6 Å². The molecule has 0 spiro atoms. The maximum atomic E-state index is 12.8. The second kappa shape index (κ2) is 50.5. The highest BCUT2D eigenvalue weighted by molar-refractivity contribution is 5.71. The molecule has 0 radical (unpaired) electrons. The first kappa shape index (κ1) is 58.9. The quantitative estimate of drug-likeness (QED) is 0.0262. The van der Waals surface area contributed by atoms with Crippen molar-refractivity contribution in [3.8, 4) is 0 Å². The van der Waals surface area contributed by atoms with Gasteiger partial charge in [0, 0.05) is 19.3 Å². The second-order valence-electron chi connectivity index (χ2n) is 18.1. The molecule has 0 aromatic heterocycles. The Bertz CT molecular complexity index is 989. The van der Waals surface area contributed by atoms with E-state index in [2.05, 4.69) is 45.1 Å². The van der Waals surface area contributed by atoms with Crippen LogP contribution in [0.1, 0.15) is 290 Å². The van der Waals surface area contributed by atoms with Crippen LogP contribution in [0, 0.1) is 0 Å². The maximum Gasteiger partial charge on any atom is 0.306 e. The number of hydrogen-bond acceptors (Lipinski definition) is 6. The van der Waals surface area contributed by atoms with Crippen molar-refractivity contribution < 1.29 is 28.6 Å². The van der Waals surface area contributed by atoms with E-state index in [9.17, 15) is 14.4 Å². The standard InChI is InChI=1S/C55H102O6/c1-4-7-10-13-16-19-22-24-26-28-30-31-33-36-39-42-45-48-54(57)60-51-52(50-59-53(56)47-44-41-38-35-21-18-15-12-9-6-3)61-55(58)49-46-43-40-37-34-32-29-27-25-23-20-17-14-11-8-5-2/h15,18,27,29,52H,4-14,16-17,19-26,28,30-51H2,1-3H3/b18-15-,29-27-. The fourth-order valence-electron chi connectivity index (χ4n) is 7.83. The lowest BCUT2D eigenvalue weighted by Gasteiger charge is -2.18. The average Bonchev–Trinajstić information content (AvgIpc) is 3.26. The van der Waals surface area contributed by atoms with E-state index < -0.39 is 6.10 Å². The van der Waals surface area contributed by atoms with E-state index in [1.807, 2.05) is 0 Å². The van der Waals surface area contributed by atoms with Crippen LogP contribution in [0.25, 0.3) is 0 Å². The van der Waals surface area contributed by atoms with Crippen LogP contribution in [0.3, 0.4) is 0 Å². The van der Waals surface area contributed by atoms with E-state index in [4.69, 9.17) is 14.2 Å². The van der Waals surface area contributed by atoms with Gasteiger partial charge < -0.3 is 14.2 Å².